The summed E-state index contributed by atoms with van der Waals surface area (Å²) in [5.74, 6) is -0.300. The topological polar surface area (TPSA) is 66.5 Å². The summed E-state index contributed by atoms with van der Waals surface area (Å²) < 4.78 is 27.9. The maximum atomic E-state index is 13.4. The molecular formula is C24H30N2O3S. The van der Waals surface area contributed by atoms with Gasteiger partial charge in [0.2, 0.25) is 5.91 Å². The number of carbonyl (C=O) groups excluding carboxylic acids is 1. The Labute approximate surface area is 179 Å². The summed E-state index contributed by atoms with van der Waals surface area (Å²) in [4.78, 5) is 12.9. The summed E-state index contributed by atoms with van der Waals surface area (Å²) in [7, 11) is -3.87. The van der Waals surface area contributed by atoms with Gasteiger partial charge in [-0.05, 0) is 69.7 Å². The van der Waals surface area contributed by atoms with Crippen LogP contribution in [0.3, 0.4) is 0 Å². The summed E-state index contributed by atoms with van der Waals surface area (Å²) in [6, 6.07) is 13.8. The van der Waals surface area contributed by atoms with Crippen LogP contribution in [0.1, 0.15) is 43.2 Å². The number of hydrogen-bond acceptors (Lipinski definition) is 3. The Kier molecular flexibility index (Phi) is 7.32. The van der Waals surface area contributed by atoms with Crippen LogP contribution in [0.15, 0.2) is 65.1 Å². The van der Waals surface area contributed by atoms with Crippen LogP contribution in [-0.4, -0.2) is 27.4 Å². The number of amides is 1. The lowest BCUT2D eigenvalue weighted by atomic mass is 9.97. The van der Waals surface area contributed by atoms with Crippen molar-refractivity contribution in [3.63, 3.8) is 0 Å². The molecule has 0 aromatic heterocycles. The van der Waals surface area contributed by atoms with Crippen LogP contribution in [0, 0.1) is 13.8 Å². The average molecular weight is 427 g/mol. The molecule has 1 N–H and O–H groups in total. The standard InChI is InChI=1S/C24H30N2O3S/c1-19-13-14-23(20(2)17-19)26(30(28,29)22-11-7-4-8-12-22)18-24(27)25-16-15-21-9-5-3-6-10-21/h4,7-9,11-14,17H,3,5-6,10,15-16,18H2,1-2H3,(H,25,27). The summed E-state index contributed by atoms with van der Waals surface area (Å²) in [6.07, 6.45) is 7.72. The maximum absolute atomic E-state index is 13.4. The van der Waals surface area contributed by atoms with Crippen molar-refractivity contribution in [3.05, 3.63) is 71.3 Å². The van der Waals surface area contributed by atoms with E-state index in [2.05, 4.69) is 11.4 Å². The molecule has 30 heavy (non-hydrogen) atoms. The molecular weight excluding hydrogens is 396 g/mol. The highest BCUT2D eigenvalue weighted by Crippen LogP contribution is 2.27. The molecule has 0 bridgehead atoms. The molecule has 0 saturated carbocycles. The van der Waals surface area contributed by atoms with Gasteiger partial charge in [0.25, 0.3) is 10.0 Å². The van der Waals surface area contributed by atoms with Gasteiger partial charge in [-0.3, -0.25) is 9.10 Å². The SMILES string of the molecule is Cc1ccc(N(CC(=O)NCCC2=CCCCC2)S(=O)(=O)c2ccccc2)c(C)c1. The largest absolute Gasteiger partial charge is 0.354 e. The lowest BCUT2D eigenvalue weighted by molar-refractivity contribution is -0.119. The number of sulfonamides is 1. The number of nitrogens with zero attached hydrogens (tertiary/aromatic N) is 1. The van der Waals surface area contributed by atoms with E-state index in [9.17, 15) is 13.2 Å². The molecule has 0 fully saturated rings. The first-order chi connectivity index (χ1) is 14.4. The van der Waals surface area contributed by atoms with Crippen molar-refractivity contribution < 1.29 is 13.2 Å². The zero-order valence-corrected chi connectivity index (χ0v) is 18.5. The second-order valence-electron chi connectivity index (χ2n) is 7.82. The zero-order chi connectivity index (χ0) is 21.6. The molecule has 0 atom stereocenters. The molecule has 2 aromatic rings. The van der Waals surface area contributed by atoms with Crippen molar-refractivity contribution >= 4 is 21.6 Å². The highest BCUT2D eigenvalue weighted by Gasteiger charge is 2.28. The van der Waals surface area contributed by atoms with E-state index in [4.69, 9.17) is 0 Å². The third kappa shape index (κ3) is 5.51. The summed E-state index contributed by atoms with van der Waals surface area (Å²) >= 11 is 0. The minimum Gasteiger partial charge on any atom is -0.354 e. The van der Waals surface area contributed by atoms with Crippen molar-refractivity contribution in [2.45, 2.75) is 50.8 Å². The van der Waals surface area contributed by atoms with E-state index in [1.165, 1.54) is 22.7 Å². The third-order valence-electron chi connectivity index (χ3n) is 5.39. The predicted octanol–water partition coefficient (Wildman–Crippen LogP) is 4.51. The van der Waals surface area contributed by atoms with Crippen molar-refractivity contribution in [2.24, 2.45) is 0 Å². The molecule has 1 aliphatic carbocycles. The van der Waals surface area contributed by atoms with Crippen LogP contribution < -0.4 is 9.62 Å². The molecule has 6 heteroatoms. The first-order valence-electron chi connectivity index (χ1n) is 10.5. The number of nitrogens with one attached hydrogen (secondary N) is 1. The van der Waals surface area contributed by atoms with Crippen molar-refractivity contribution in [1.29, 1.82) is 0 Å². The van der Waals surface area contributed by atoms with Crippen molar-refractivity contribution in [3.8, 4) is 0 Å². The Bertz CT molecular complexity index is 1010. The molecule has 0 radical (unpaired) electrons. The van der Waals surface area contributed by atoms with Gasteiger partial charge >= 0.3 is 0 Å². The minimum absolute atomic E-state index is 0.171. The van der Waals surface area contributed by atoms with Crippen molar-refractivity contribution in [2.75, 3.05) is 17.4 Å². The molecule has 0 spiro atoms. The molecule has 0 saturated heterocycles. The van der Waals surface area contributed by atoms with E-state index < -0.39 is 10.0 Å². The van der Waals surface area contributed by atoms with E-state index >= 15 is 0 Å². The first-order valence-corrected chi connectivity index (χ1v) is 11.9. The fourth-order valence-corrected chi connectivity index (χ4v) is 5.29. The molecule has 1 aliphatic rings. The van der Waals surface area contributed by atoms with Gasteiger partial charge in [0.1, 0.15) is 6.54 Å². The number of hydrogen-bond donors (Lipinski definition) is 1. The summed E-state index contributed by atoms with van der Waals surface area (Å²) in [5.41, 5.74) is 3.76. The predicted molar refractivity (Wildman–Crippen MR) is 121 cm³/mol. The van der Waals surface area contributed by atoms with Crippen molar-refractivity contribution in [1.82, 2.24) is 5.32 Å². The lowest BCUT2D eigenvalue weighted by Gasteiger charge is -2.26. The van der Waals surface area contributed by atoms with Crippen LogP contribution in [0.4, 0.5) is 5.69 Å². The monoisotopic (exact) mass is 426 g/mol. The van der Waals surface area contributed by atoms with E-state index in [1.807, 2.05) is 26.0 Å². The highest BCUT2D eigenvalue weighted by atomic mass is 32.2. The highest BCUT2D eigenvalue weighted by molar-refractivity contribution is 7.92. The first kappa shape index (κ1) is 22.1. The lowest BCUT2D eigenvalue weighted by Crippen LogP contribution is -2.41. The van der Waals surface area contributed by atoms with Gasteiger partial charge in [-0.15, -0.1) is 0 Å². The smallest absolute Gasteiger partial charge is 0.264 e. The Balaban J connectivity index is 1.79. The number of aryl methyl sites for hydroxylation is 2. The second kappa shape index (κ2) is 9.94. The zero-order valence-electron chi connectivity index (χ0n) is 17.7. The van der Waals surface area contributed by atoms with Gasteiger partial charge in [0.15, 0.2) is 0 Å². The molecule has 160 valence electrons. The summed E-state index contributed by atoms with van der Waals surface area (Å²) in [5, 5.41) is 2.90. The molecule has 0 aliphatic heterocycles. The van der Waals surface area contributed by atoms with Crippen LogP contribution in [0.2, 0.25) is 0 Å². The molecule has 0 unspecified atom stereocenters. The number of carbonyl (C=O) groups is 1. The normalized spacial score (nSPS) is 14.1. The molecule has 3 rings (SSSR count). The van der Waals surface area contributed by atoms with E-state index in [-0.39, 0.29) is 17.3 Å². The summed E-state index contributed by atoms with van der Waals surface area (Å²) in [6.45, 7) is 4.10. The van der Waals surface area contributed by atoms with Crippen LogP contribution >= 0.6 is 0 Å². The molecule has 0 heterocycles. The Morgan fingerprint density at radius 3 is 2.50 bits per heavy atom. The van der Waals surface area contributed by atoms with Gasteiger partial charge in [0, 0.05) is 6.54 Å². The van der Waals surface area contributed by atoms with Gasteiger partial charge in [-0.1, -0.05) is 47.5 Å². The van der Waals surface area contributed by atoms with E-state index in [0.29, 0.717) is 12.2 Å². The molecule has 1 amide bonds. The third-order valence-corrected chi connectivity index (χ3v) is 7.17. The average Bonchev–Trinajstić information content (AvgIpc) is 2.74. The van der Waals surface area contributed by atoms with Crippen LogP contribution in [0.5, 0.6) is 0 Å². The van der Waals surface area contributed by atoms with Gasteiger partial charge < -0.3 is 5.32 Å². The fraction of sp³-hybridized carbons (Fsp3) is 0.375. The number of rotatable bonds is 8. The van der Waals surface area contributed by atoms with Gasteiger partial charge in [-0.25, -0.2) is 8.42 Å². The number of allylic oxidation sites excluding steroid dienone is 1. The maximum Gasteiger partial charge on any atom is 0.264 e. The van der Waals surface area contributed by atoms with Crippen LogP contribution in [-0.2, 0) is 14.8 Å². The fourth-order valence-electron chi connectivity index (χ4n) is 3.79. The van der Waals surface area contributed by atoms with Gasteiger partial charge in [-0.2, -0.15) is 0 Å². The number of benzene rings is 2. The number of anilines is 1. The van der Waals surface area contributed by atoms with Crippen LogP contribution in [0.25, 0.3) is 0 Å². The Hall–Kier alpha value is -2.60. The molecule has 5 nitrogen and oxygen atoms in total. The second-order valence-corrected chi connectivity index (χ2v) is 9.69. The van der Waals surface area contributed by atoms with E-state index in [1.54, 1.807) is 36.4 Å². The van der Waals surface area contributed by atoms with E-state index in [0.717, 1.165) is 30.4 Å². The molecule has 2 aromatic carbocycles. The minimum atomic E-state index is -3.87. The Morgan fingerprint density at radius 1 is 1.07 bits per heavy atom. The quantitative estimate of drug-likeness (QED) is 0.632. The Morgan fingerprint density at radius 2 is 1.83 bits per heavy atom. The van der Waals surface area contributed by atoms with Gasteiger partial charge in [0.05, 0.1) is 10.6 Å².